The third-order valence-electron chi connectivity index (χ3n) is 2.95. The fraction of sp³-hybridized carbons (Fsp3) is 0.200. The van der Waals surface area contributed by atoms with E-state index in [0.717, 1.165) is 17.9 Å². The Morgan fingerprint density at radius 2 is 1.89 bits per heavy atom. The summed E-state index contributed by atoms with van der Waals surface area (Å²) in [4.78, 5) is 2.16. The summed E-state index contributed by atoms with van der Waals surface area (Å²) in [6.45, 7) is 5.02. The number of nitrogens with zero attached hydrogens (tertiary/aromatic N) is 1. The Hall–Kier alpha value is -1.67. The predicted octanol–water partition coefficient (Wildman–Crippen LogP) is 4.39. The van der Waals surface area contributed by atoms with Gasteiger partial charge in [0.05, 0.1) is 16.4 Å². The van der Waals surface area contributed by atoms with Crippen LogP contribution in [-0.2, 0) is 0 Å². The van der Waals surface area contributed by atoms with Gasteiger partial charge in [-0.1, -0.05) is 29.8 Å². The van der Waals surface area contributed by atoms with Gasteiger partial charge in [-0.25, -0.2) is 0 Å². The summed E-state index contributed by atoms with van der Waals surface area (Å²) in [5.41, 5.74) is 10.0. The monoisotopic (exact) mass is 260 g/mol. The lowest BCUT2D eigenvalue weighted by atomic mass is 10.1. The Balaban J connectivity index is 2.49. The maximum atomic E-state index is 6.08. The van der Waals surface area contributed by atoms with Crippen molar-refractivity contribution in [2.45, 2.75) is 13.8 Å². The van der Waals surface area contributed by atoms with E-state index in [1.165, 1.54) is 5.56 Å². The fourth-order valence-corrected chi connectivity index (χ4v) is 2.22. The van der Waals surface area contributed by atoms with E-state index >= 15 is 0 Å². The first-order valence-electron chi connectivity index (χ1n) is 6.01. The number of hydrogen-bond acceptors (Lipinski definition) is 2. The number of hydrogen-bond donors (Lipinski definition) is 1. The van der Waals surface area contributed by atoms with Crippen molar-refractivity contribution < 1.29 is 0 Å². The summed E-state index contributed by atoms with van der Waals surface area (Å²) in [6, 6.07) is 14.1. The Bertz CT molecular complexity index is 552. The second kappa shape index (κ2) is 5.32. The number of aryl methyl sites for hydroxylation is 1. The van der Waals surface area contributed by atoms with Crippen molar-refractivity contribution in [3.63, 3.8) is 0 Å². The molecule has 2 rings (SSSR count). The zero-order valence-electron chi connectivity index (χ0n) is 10.7. The third-order valence-corrected chi connectivity index (χ3v) is 3.28. The Kier molecular flexibility index (Phi) is 3.78. The molecule has 0 atom stereocenters. The van der Waals surface area contributed by atoms with E-state index in [0.29, 0.717) is 10.7 Å². The van der Waals surface area contributed by atoms with Gasteiger partial charge in [-0.3, -0.25) is 0 Å². The molecule has 0 aliphatic rings. The van der Waals surface area contributed by atoms with Gasteiger partial charge in [0.15, 0.2) is 0 Å². The average molecular weight is 261 g/mol. The Morgan fingerprint density at radius 3 is 2.56 bits per heavy atom. The highest BCUT2D eigenvalue weighted by Gasteiger charge is 2.12. The van der Waals surface area contributed by atoms with E-state index in [9.17, 15) is 0 Å². The van der Waals surface area contributed by atoms with Gasteiger partial charge in [0, 0.05) is 12.2 Å². The second-order valence-electron chi connectivity index (χ2n) is 4.26. The fourth-order valence-electron chi connectivity index (χ4n) is 2.05. The van der Waals surface area contributed by atoms with Crippen molar-refractivity contribution in [2.75, 3.05) is 17.2 Å². The summed E-state index contributed by atoms with van der Waals surface area (Å²) in [5.74, 6) is 0. The number of halogens is 1. The minimum Gasteiger partial charge on any atom is -0.396 e. The highest BCUT2D eigenvalue weighted by Crippen LogP contribution is 2.34. The number of anilines is 3. The van der Waals surface area contributed by atoms with Gasteiger partial charge in [0.25, 0.3) is 0 Å². The zero-order chi connectivity index (χ0) is 13.1. The van der Waals surface area contributed by atoms with Crippen LogP contribution in [0.2, 0.25) is 5.02 Å². The van der Waals surface area contributed by atoms with E-state index in [-0.39, 0.29) is 0 Å². The first-order chi connectivity index (χ1) is 8.63. The van der Waals surface area contributed by atoms with Crippen LogP contribution >= 0.6 is 11.6 Å². The van der Waals surface area contributed by atoms with E-state index < -0.39 is 0 Å². The molecule has 0 amide bonds. The van der Waals surface area contributed by atoms with Crippen LogP contribution in [0.4, 0.5) is 17.1 Å². The smallest absolute Gasteiger partial charge is 0.0744 e. The number of benzene rings is 2. The Labute approximate surface area is 113 Å². The largest absolute Gasteiger partial charge is 0.396 e. The van der Waals surface area contributed by atoms with Crippen LogP contribution in [0.25, 0.3) is 0 Å². The van der Waals surface area contributed by atoms with Gasteiger partial charge >= 0.3 is 0 Å². The predicted molar refractivity (Wildman–Crippen MR) is 79.7 cm³/mol. The third kappa shape index (κ3) is 2.44. The van der Waals surface area contributed by atoms with Crippen molar-refractivity contribution >= 4 is 28.7 Å². The van der Waals surface area contributed by atoms with Crippen molar-refractivity contribution in [1.29, 1.82) is 0 Å². The van der Waals surface area contributed by atoms with Crippen molar-refractivity contribution in [3.8, 4) is 0 Å². The number of rotatable bonds is 3. The molecule has 0 heterocycles. The molecule has 2 nitrogen and oxygen atoms in total. The second-order valence-corrected chi connectivity index (χ2v) is 4.66. The van der Waals surface area contributed by atoms with Crippen molar-refractivity contribution in [2.24, 2.45) is 0 Å². The molecule has 3 heteroatoms. The molecule has 2 N–H and O–H groups in total. The highest BCUT2D eigenvalue weighted by molar-refractivity contribution is 6.33. The first-order valence-corrected chi connectivity index (χ1v) is 6.39. The van der Waals surface area contributed by atoms with Crippen LogP contribution in [0.15, 0.2) is 42.5 Å². The summed E-state index contributed by atoms with van der Waals surface area (Å²) in [5, 5.41) is 0.596. The molecule has 18 heavy (non-hydrogen) atoms. The molecule has 0 bridgehead atoms. The molecule has 0 saturated carbocycles. The molecule has 0 spiro atoms. The zero-order valence-corrected chi connectivity index (χ0v) is 11.4. The topological polar surface area (TPSA) is 29.3 Å². The van der Waals surface area contributed by atoms with E-state index in [1.807, 2.05) is 24.3 Å². The van der Waals surface area contributed by atoms with E-state index in [1.54, 1.807) is 0 Å². The van der Waals surface area contributed by atoms with Gasteiger partial charge in [-0.2, -0.15) is 0 Å². The minimum atomic E-state index is 0.596. The lowest BCUT2D eigenvalue weighted by Crippen LogP contribution is -2.17. The molecule has 0 aliphatic heterocycles. The average Bonchev–Trinajstić information content (AvgIpc) is 2.35. The molecule has 2 aromatic rings. The molecule has 0 radical (unpaired) electrons. The summed E-state index contributed by atoms with van der Waals surface area (Å²) >= 11 is 6.08. The molecular weight excluding hydrogens is 244 g/mol. The van der Waals surface area contributed by atoms with Crippen LogP contribution < -0.4 is 10.6 Å². The van der Waals surface area contributed by atoms with Gasteiger partial charge in [0.2, 0.25) is 0 Å². The van der Waals surface area contributed by atoms with Crippen LogP contribution in [0.1, 0.15) is 12.5 Å². The van der Waals surface area contributed by atoms with Gasteiger partial charge in [0.1, 0.15) is 0 Å². The molecule has 0 fully saturated rings. The maximum absolute atomic E-state index is 6.08. The molecule has 0 aliphatic carbocycles. The van der Waals surface area contributed by atoms with Crippen LogP contribution in [0.3, 0.4) is 0 Å². The Morgan fingerprint density at radius 1 is 1.17 bits per heavy atom. The number of para-hydroxylation sites is 1. The van der Waals surface area contributed by atoms with Gasteiger partial charge < -0.3 is 10.6 Å². The normalized spacial score (nSPS) is 10.4. The van der Waals surface area contributed by atoms with Crippen molar-refractivity contribution in [3.05, 3.63) is 53.1 Å². The molecule has 0 aromatic heterocycles. The number of nitrogen functional groups attached to an aromatic ring is 1. The summed E-state index contributed by atoms with van der Waals surface area (Å²) < 4.78 is 0. The number of nitrogens with two attached hydrogens (primary N) is 1. The van der Waals surface area contributed by atoms with Crippen LogP contribution in [0.5, 0.6) is 0 Å². The van der Waals surface area contributed by atoms with Gasteiger partial charge in [-0.05, 0) is 43.7 Å². The molecule has 0 saturated heterocycles. The van der Waals surface area contributed by atoms with Gasteiger partial charge in [-0.15, -0.1) is 0 Å². The van der Waals surface area contributed by atoms with Crippen LogP contribution in [0, 0.1) is 6.92 Å². The first kappa shape index (κ1) is 12.8. The quantitative estimate of drug-likeness (QED) is 0.830. The summed E-state index contributed by atoms with van der Waals surface area (Å²) in [6.07, 6.45) is 0. The lowest BCUT2D eigenvalue weighted by Gasteiger charge is -2.25. The minimum absolute atomic E-state index is 0.596. The SMILES string of the molecule is CCN(c1cccc(C)c1)c1cccc(Cl)c1N. The van der Waals surface area contributed by atoms with E-state index in [2.05, 4.69) is 36.9 Å². The highest BCUT2D eigenvalue weighted by atomic mass is 35.5. The van der Waals surface area contributed by atoms with E-state index in [4.69, 9.17) is 17.3 Å². The summed E-state index contributed by atoms with van der Waals surface area (Å²) in [7, 11) is 0. The standard InChI is InChI=1S/C15H17ClN2/c1-3-18(12-7-4-6-11(2)10-12)14-9-5-8-13(16)15(14)17/h4-10H,3,17H2,1-2H3. The molecule has 94 valence electrons. The van der Waals surface area contributed by atoms with Crippen molar-refractivity contribution in [1.82, 2.24) is 0 Å². The lowest BCUT2D eigenvalue weighted by molar-refractivity contribution is 1.02. The molecule has 0 unspecified atom stereocenters. The molecule has 2 aromatic carbocycles. The maximum Gasteiger partial charge on any atom is 0.0744 e. The molecular formula is C15H17ClN2. The van der Waals surface area contributed by atoms with Crippen LogP contribution in [-0.4, -0.2) is 6.54 Å².